The van der Waals surface area contributed by atoms with E-state index in [2.05, 4.69) is 40.9 Å². The molecule has 116 valence electrons. The monoisotopic (exact) mass is 314 g/mol. The normalized spacial score (nSPS) is 24.4. The number of rotatable bonds is 4. The maximum Gasteiger partial charge on any atom is 0.129 e. The average molecular weight is 314 g/mol. The molecular weight excluding hydrogens is 292 g/mol. The van der Waals surface area contributed by atoms with Gasteiger partial charge in [-0.3, -0.25) is 0 Å². The number of hydrogen-bond donors (Lipinski definition) is 0. The van der Waals surface area contributed by atoms with Gasteiger partial charge in [0.05, 0.1) is 11.6 Å². The topological polar surface area (TPSA) is 25.2 Å². The molecular formula is C18H22N2OS. The third kappa shape index (κ3) is 2.20. The molecule has 1 aromatic carbocycles. The molecule has 4 heteroatoms. The zero-order valence-electron chi connectivity index (χ0n) is 13.0. The largest absolute Gasteiger partial charge is 0.337 e. The fourth-order valence-corrected chi connectivity index (χ4v) is 4.96. The van der Waals surface area contributed by atoms with Gasteiger partial charge >= 0.3 is 0 Å². The second kappa shape index (κ2) is 5.74. The number of carbonyl (C=O) groups excluding carboxylic acids is 1. The summed E-state index contributed by atoms with van der Waals surface area (Å²) < 4.78 is 2.33. The highest BCUT2D eigenvalue weighted by atomic mass is 32.2. The molecule has 0 spiro atoms. The number of carbonyl (C=O) groups is 1. The van der Waals surface area contributed by atoms with Crippen molar-refractivity contribution in [2.24, 2.45) is 0 Å². The van der Waals surface area contributed by atoms with E-state index >= 15 is 0 Å². The molecule has 1 fully saturated rings. The number of piperidine rings is 1. The first-order valence-corrected chi connectivity index (χ1v) is 9.27. The van der Waals surface area contributed by atoms with Gasteiger partial charge in [-0.1, -0.05) is 12.1 Å². The Labute approximate surface area is 135 Å². The smallest absolute Gasteiger partial charge is 0.129 e. The summed E-state index contributed by atoms with van der Waals surface area (Å²) in [6.07, 6.45) is 7.10. The van der Waals surface area contributed by atoms with Gasteiger partial charge in [0.15, 0.2) is 0 Å². The number of thioether (sulfide) groups is 1. The van der Waals surface area contributed by atoms with Gasteiger partial charge < -0.3 is 14.3 Å². The third-order valence-electron chi connectivity index (χ3n) is 5.32. The van der Waals surface area contributed by atoms with E-state index in [1.54, 1.807) is 17.3 Å². The van der Waals surface area contributed by atoms with E-state index in [-0.39, 0.29) is 0 Å². The Hall–Kier alpha value is -1.26. The first kappa shape index (κ1) is 14.3. The van der Waals surface area contributed by atoms with Crippen molar-refractivity contribution >= 4 is 29.0 Å². The maximum absolute atomic E-state index is 10.6. The van der Waals surface area contributed by atoms with Crippen LogP contribution in [-0.4, -0.2) is 41.1 Å². The van der Waals surface area contributed by atoms with Gasteiger partial charge in [-0.2, -0.15) is 0 Å². The van der Waals surface area contributed by atoms with Crippen LogP contribution in [0, 0.1) is 0 Å². The molecule has 2 aliphatic rings. The zero-order valence-corrected chi connectivity index (χ0v) is 13.8. The standard InChI is InChI=1S/C18H22N2OS/c1-19-7-3-5-14-15-4-2-6-16-18(15)13(10-17(14)19)11-20(16)12-22-9-8-21/h2,4,6,8,11,14,17H,3,5,7,9-10,12H2,1H3/t14-,17-/m0/s1. The van der Waals surface area contributed by atoms with E-state index < -0.39 is 0 Å². The third-order valence-corrected chi connectivity index (χ3v) is 6.15. The second-order valence-electron chi connectivity index (χ2n) is 6.53. The van der Waals surface area contributed by atoms with Gasteiger partial charge in [0.2, 0.25) is 0 Å². The molecule has 0 saturated carbocycles. The molecule has 3 nitrogen and oxygen atoms in total. The van der Waals surface area contributed by atoms with Crippen LogP contribution in [0.3, 0.4) is 0 Å². The zero-order chi connectivity index (χ0) is 15.1. The van der Waals surface area contributed by atoms with Gasteiger partial charge in [0, 0.05) is 29.1 Å². The lowest BCUT2D eigenvalue weighted by Crippen LogP contribution is -2.44. The fraction of sp³-hybridized carbons (Fsp3) is 0.500. The molecule has 1 saturated heterocycles. The molecule has 4 rings (SSSR count). The van der Waals surface area contributed by atoms with Gasteiger partial charge in [-0.25, -0.2) is 0 Å². The second-order valence-corrected chi connectivity index (χ2v) is 7.53. The Morgan fingerprint density at radius 3 is 3.18 bits per heavy atom. The van der Waals surface area contributed by atoms with Crippen LogP contribution < -0.4 is 0 Å². The molecule has 0 amide bonds. The van der Waals surface area contributed by atoms with Crippen molar-refractivity contribution in [1.29, 1.82) is 0 Å². The highest BCUT2D eigenvalue weighted by Crippen LogP contribution is 2.43. The molecule has 0 radical (unpaired) electrons. The van der Waals surface area contributed by atoms with Crippen molar-refractivity contribution < 1.29 is 4.79 Å². The lowest BCUT2D eigenvalue weighted by atomic mass is 9.75. The number of likely N-dealkylation sites (N-methyl/N-ethyl adjacent to an activating group) is 1. The summed E-state index contributed by atoms with van der Waals surface area (Å²) in [5.74, 6) is 2.13. The predicted octanol–water partition coefficient (Wildman–Crippen LogP) is 3.26. The summed E-state index contributed by atoms with van der Waals surface area (Å²) in [6, 6.07) is 7.44. The van der Waals surface area contributed by atoms with Crippen LogP contribution in [-0.2, 0) is 17.1 Å². The summed E-state index contributed by atoms with van der Waals surface area (Å²) in [5, 5.41) is 1.49. The van der Waals surface area contributed by atoms with E-state index in [1.807, 2.05) is 0 Å². The SMILES string of the molecule is CN1CCC[C@H]2c3cccc4c3c(cn4CSCC=O)C[C@@H]21. The van der Waals surface area contributed by atoms with Crippen LogP contribution in [0.25, 0.3) is 10.9 Å². The number of nitrogens with zero attached hydrogens (tertiary/aromatic N) is 2. The van der Waals surface area contributed by atoms with Crippen LogP contribution in [0.5, 0.6) is 0 Å². The first-order valence-electron chi connectivity index (χ1n) is 8.12. The quantitative estimate of drug-likeness (QED) is 0.640. The molecule has 1 aliphatic heterocycles. The molecule has 2 heterocycles. The van der Waals surface area contributed by atoms with Crippen molar-refractivity contribution in [2.75, 3.05) is 19.3 Å². The number of hydrogen-bond acceptors (Lipinski definition) is 3. The molecule has 0 bridgehead atoms. The average Bonchev–Trinajstić information content (AvgIpc) is 2.89. The molecule has 1 aromatic heterocycles. The van der Waals surface area contributed by atoms with Crippen molar-refractivity contribution in [1.82, 2.24) is 9.47 Å². The van der Waals surface area contributed by atoms with Crippen molar-refractivity contribution in [2.45, 2.75) is 37.1 Å². The lowest BCUT2D eigenvalue weighted by molar-refractivity contribution is -0.105. The van der Waals surface area contributed by atoms with Gasteiger partial charge in [0.1, 0.15) is 6.29 Å². The highest BCUT2D eigenvalue weighted by molar-refractivity contribution is 7.98. The van der Waals surface area contributed by atoms with Crippen LogP contribution in [0.15, 0.2) is 24.4 Å². The number of aldehydes is 1. The summed E-state index contributed by atoms with van der Waals surface area (Å²) in [7, 11) is 2.28. The van der Waals surface area contributed by atoms with Crippen LogP contribution in [0.4, 0.5) is 0 Å². The molecule has 1 aliphatic carbocycles. The number of benzene rings is 1. The minimum absolute atomic E-state index is 0.572. The Morgan fingerprint density at radius 2 is 2.32 bits per heavy atom. The Kier molecular flexibility index (Phi) is 3.74. The fourth-order valence-electron chi connectivity index (χ4n) is 4.35. The number of fused-ring (bicyclic) bond motifs is 2. The van der Waals surface area contributed by atoms with Crippen molar-refractivity contribution in [3.05, 3.63) is 35.5 Å². The van der Waals surface area contributed by atoms with E-state index in [0.29, 0.717) is 17.7 Å². The van der Waals surface area contributed by atoms with E-state index in [1.165, 1.54) is 42.3 Å². The summed E-state index contributed by atoms with van der Waals surface area (Å²) >= 11 is 1.68. The van der Waals surface area contributed by atoms with E-state index in [9.17, 15) is 4.79 Å². The van der Waals surface area contributed by atoms with Crippen molar-refractivity contribution in [3.63, 3.8) is 0 Å². The van der Waals surface area contributed by atoms with Crippen LogP contribution in [0.1, 0.15) is 29.9 Å². The van der Waals surface area contributed by atoms with E-state index in [4.69, 9.17) is 0 Å². The first-order chi connectivity index (χ1) is 10.8. The number of likely N-dealkylation sites (tertiary alicyclic amines) is 1. The molecule has 0 unspecified atom stereocenters. The van der Waals surface area contributed by atoms with Crippen molar-refractivity contribution in [3.8, 4) is 0 Å². The molecule has 0 N–H and O–H groups in total. The molecule has 2 atom stereocenters. The Morgan fingerprint density at radius 1 is 1.41 bits per heavy atom. The van der Waals surface area contributed by atoms with E-state index in [0.717, 1.165) is 12.2 Å². The lowest BCUT2D eigenvalue weighted by Gasteiger charge is -2.42. The molecule has 2 aromatic rings. The number of aromatic nitrogens is 1. The Bertz CT molecular complexity index is 708. The van der Waals surface area contributed by atoms with Gasteiger partial charge in [-0.15, -0.1) is 11.8 Å². The maximum atomic E-state index is 10.6. The summed E-state index contributed by atoms with van der Waals surface area (Å²) in [4.78, 5) is 13.1. The summed E-state index contributed by atoms with van der Waals surface area (Å²) in [6.45, 7) is 1.22. The van der Waals surface area contributed by atoms with Crippen LogP contribution in [0.2, 0.25) is 0 Å². The van der Waals surface area contributed by atoms with Gasteiger partial charge in [-0.05, 0) is 50.0 Å². The minimum Gasteiger partial charge on any atom is -0.337 e. The predicted molar refractivity (Wildman–Crippen MR) is 92.6 cm³/mol. The minimum atomic E-state index is 0.572. The van der Waals surface area contributed by atoms with Gasteiger partial charge in [0.25, 0.3) is 0 Å². The summed E-state index contributed by atoms with van der Waals surface area (Å²) in [5.41, 5.74) is 4.39. The van der Waals surface area contributed by atoms with Crippen LogP contribution >= 0.6 is 11.8 Å². The molecule has 22 heavy (non-hydrogen) atoms. The highest BCUT2D eigenvalue weighted by Gasteiger charge is 2.36. The Balaban J connectivity index is 1.77.